The zero-order chi connectivity index (χ0) is 11.8. The van der Waals surface area contributed by atoms with E-state index in [1.165, 1.54) is 0 Å². The normalized spacial score (nSPS) is 12.4. The fourth-order valence-electron chi connectivity index (χ4n) is 1.59. The first kappa shape index (κ1) is 13.0. The molecule has 0 saturated carbocycles. The van der Waals surface area contributed by atoms with Crippen molar-refractivity contribution in [3.05, 3.63) is 29.8 Å². The third-order valence-corrected chi connectivity index (χ3v) is 2.45. The Bertz CT molecular complexity index is 299. The van der Waals surface area contributed by atoms with Crippen LogP contribution in [-0.4, -0.2) is 31.5 Å². The summed E-state index contributed by atoms with van der Waals surface area (Å²) in [5.41, 5.74) is 1.04. The molecule has 0 heterocycles. The van der Waals surface area contributed by atoms with Gasteiger partial charge in [-0.2, -0.15) is 0 Å². The van der Waals surface area contributed by atoms with Crippen molar-refractivity contribution in [1.82, 2.24) is 0 Å². The summed E-state index contributed by atoms with van der Waals surface area (Å²) in [5.74, 6) is 0.831. The number of para-hydroxylation sites is 1. The van der Waals surface area contributed by atoms with Crippen LogP contribution in [0.15, 0.2) is 24.3 Å². The third-order valence-electron chi connectivity index (χ3n) is 2.45. The Balaban J connectivity index is 2.45. The molecule has 0 aliphatic rings. The van der Waals surface area contributed by atoms with Crippen LogP contribution in [0.2, 0.25) is 0 Å². The largest absolute Gasteiger partial charge is 0.496 e. The number of hydrogen-bond donors (Lipinski definition) is 1. The molecule has 3 nitrogen and oxygen atoms in total. The van der Waals surface area contributed by atoms with Gasteiger partial charge in [0.1, 0.15) is 5.75 Å². The maximum atomic E-state index is 9.81. The molecule has 1 rings (SSSR count). The predicted octanol–water partition coefficient (Wildman–Crippen LogP) is 2.03. The Kier molecular flexibility index (Phi) is 5.90. The Hall–Kier alpha value is -1.06. The zero-order valence-corrected chi connectivity index (χ0v) is 9.98. The van der Waals surface area contributed by atoms with E-state index < -0.39 is 0 Å². The van der Waals surface area contributed by atoms with Gasteiger partial charge in [0.25, 0.3) is 0 Å². The standard InChI is InChI=1S/C13H20O3/c1-3-16-9-8-12(14)10-11-6-4-5-7-13(11)15-2/h4-7,12,14H,3,8-10H2,1-2H3. The van der Waals surface area contributed by atoms with Gasteiger partial charge in [0.15, 0.2) is 0 Å². The number of rotatable bonds is 7. The van der Waals surface area contributed by atoms with E-state index in [4.69, 9.17) is 9.47 Å². The second-order valence-electron chi connectivity index (χ2n) is 3.66. The van der Waals surface area contributed by atoms with E-state index in [0.29, 0.717) is 26.1 Å². The van der Waals surface area contributed by atoms with Gasteiger partial charge in [-0.3, -0.25) is 0 Å². The second kappa shape index (κ2) is 7.25. The van der Waals surface area contributed by atoms with Crippen molar-refractivity contribution in [3.63, 3.8) is 0 Å². The average molecular weight is 224 g/mol. The number of aliphatic hydroxyl groups is 1. The van der Waals surface area contributed by atoms with Gasteiger partial charge in [-0.25, -0.2) is 0 Å². The fourth-order valence-corrected chi connectivity index (χ4v) is 1.59. The third kappa shape index (κ3) is 4.21. The number of aliphatic hydroxyl groups excluding tert-OH is 1. The molecule has 1 aromatic rings. The minimum absolute atomic E-state index is 0.372. The predicted molar refractivity (Wildman–Crippen MR) is 63.8 cm³/mol. The van der Waals surface area contributed by atoms with Crippen LogP contribution in [0.25, 0.3) is 0 Å². The molecular formula is C13H20O3. The maximum Gasteiger partial charge on any atom is 0.122 e. The van der Waals surface area contributed by atoms with Crippen molar-refractivity contribution >= 4 is 0 Å². The van der Waals surface area contributed by atoms with Crippen molar-refractivity contribution in [2.24, 2.45) is 0 Å². The first-order valence-electron chi connectivity index (χ1n) is 5.65. The van der Waals surface area contributed by atoms with Gasteiger partial charge in [-0.1, -0.05) is 18.2 Å². The number of benzene rings is 1. The van der Waals surface area contributed by atoms with Crippen molar-refractivity contribution in [2.75, 3.05) is 20.3 Å². The van der Waals surface area contributed by atoms with E-state index in [-0.39, 0.29) is 6.10 Å². The molecule has 3 heteroatoms. The van der Waals surface area contributed by atoms with E-state index >= 15 is 0 Å². The summed E-state index contributed by atoms with van der Waals surface area (Å²) < 4.78 is 10.4. The molecule has 0 aromatic heterocycles. The van der Waals surface area contributed by atoms with Gasteiger partial charge >= 0.3 is 0 Å². The highest BCUT2D eigenvalue weighted by Gasteiger charge is 2.09. The summed E-state index contributed by atoms with van der Waals surface area (Å²) in [6.07, 6.45) is 0.894. The minimum atomic E-state index is -0.372. The lowest BCUT2D eigenvalue weighted by atomic mass is 10.1. The first-order chi connectivity index (χ1) is 7.77. The summed E-state index contributed by atoms with van der Waals surface area (Å²) >= 11 is 0. The van der Waals surface area contributed by atoms with Crippen LogP contribution < -0.4 is 4.74 Å². The van der Waals surface area contributed by atoms with Gasteiger partial charge in [-0.15, -0.1) is 0 Å². The van der Waals surface area contributed by atoms with Gasteiger partial charge in [0, 0.05) is 19.6 Å². The maximum absolute atomic E-state index is 9.81. The van der Waals surface area contributed by atoms with E-state index in [1.54, 1.807) is 7.11 Å². The van der Waals surface area contributed by atoms with Gasteiger partial charge in [0.05, 0.1) is 13.2 Å². The van der Waals surface area contributed by atoms with Crippen molar-refractivity contribution < 1.29 is 14.6 Å². The number of methoxy groups -OCH3 is 1. The molecular weight excluding hydrogens is 204 g/mol. The lowest BCUT2D eigenvalue weighted by Gasteiger charge is -2.13. The molecule has 0 bridgehead atoms. The molecule has 0 amide bonds. The van der Waals surface area contributed by atoms with Crippen molar-refractivity contribution in [3.8, 4) is 5.75 Å². The van der Waals surface area contributed by atoms with E-state index in [1.807, 2.05) is 31.2 Å². The molecule has 1 unspecified atom stereocenters. The topological polar surface area (TPSA) is 38.7 Å². The lowest BCUT2D eigenvalue weighted by molar-refractivity contribution is 0.0884. The second-order valence-corrected chi connectivity index (χ2v) is 3.66. The van der Waals surface area contributed by atoms with Crippen LogP contribution >= 0.6 is 0 Å². The quantitative estimate of drug-likeness (QED) is 0.720. The van der Waals surface area contributed by atoms with Crippen LogP contribution in [0.1, 0.15) is 18.9 Å². The SMILES string of the molecule is CCOCCC(O)Cc1ccccc1OC. The minimum Gasteiger partial charge on any atom is -0.496 e. The number of hydrogen-bond acceptors (Lipinski definition) is 3. The molecule has 0 fully saturated rings. The molecule has 1 aromatic carbocycles. The van der Waals surface area contributed by atoms with Crippen molar-refractivity contribution in [2.45, 2.75) is 25.9 Å². The van der Waals surface area contributed by atoms with E-state index in [0.717, 1.165) is 11.3 Å². The summed E-state index contributed by atoms with van der Waals surface area (Å²) in [7, 11) is 1.64. The molecule has 1 N–H and O–H groups in total. The summed E-state index contributed by atoms with van der Waals surface area (Å²) in [6.45, 7) is 3.25. The van der Waals surface area contributed by atoms with E-state index in [2.05, 4.69) is 0 Å². The number of ether oxygens (including phenoxy) is 2. The van der Waals surface area contributed by atoms with Crippen LogP contribution in [-0.2, 0) is 11.2 Å². The smallest absolute Gasteiger partial charge is 0.122 e. The summed E-state index contributed by atoms with van der Waals surface area (Å²) in [6, 6.07) is 7.76. The summed E-state index contributed by atoms with van der Waals surface area (Å²) in [5, 5.41) is 9.81. The van der Waals surface area contributed by atoms with Gasteiger partial charge < -0.3 is 14.6 Å². The highest BCUT2D eigenvalue weighted by atomic mass is 16.5. The molecule has 1 atom stereocenters. The van der Waals surface area contributed by atoms with Crippen LogP contribution in [0, 0.1) is 0 Å². The van der Waals surface area contributed by atoms with E-state index in [9.17, 15) is 5.11 Å². The highest BCUT2D eigenvalue weighted by molar-refractivity contribution is 5.33. The van der Waals surface area contributed by atoms with Gasteiger partial charge in [0.2, 0.25) is 0 Å². The van der Waals surface area contributed by atoms with Crippen molar-refractivity contribution in [1.29, 1.82) is 0 Å². The molecule has 0 saturated heterocycles. The molecule has 0 radical (unpaired) electrons. The molecule has 16 heavy (non-hydrogen) atoms. The Morgan fingerprint density at radius 1 is 1.31 bits per heavy atom. The van der Waals surface area contributed by atoms with Crippen LogP contribution in [0.3, 0.4) is 0 Å². The lowest BCUT2D eigenvalue weighted by Crippen LogP contribution is -2.14. The van der Waals surface area contributed by atoms with Gasteiger partial charge in [-0.05, 0) is 25.0 Å². The highest BCUT2D eigenvalue weighted by Crippen LogP contribution is 2.19. The Labute approximate surface area is 97.0 Å². The average Bonchev–Trinajstić information content (AvgIpc) is 2.30. The first-order valence-corrected chi connectivity index (χ1v) is 5.65. The molecule has 90 valence electrons. The zero-order valence-electron chi connectivity index (χ0n) is 9.98. The molecule has 0 spiro atoms. The Morgan fingerprint density at radius 2 is 2.06 bits per heavy atom. The monoisotopic (exact) mass is 224 g/mol. The van der Waals surface area contributed by atoms with Crippen LogP contribution in [0.5, 0.6) is 5.75 Å². The Morgan fingerprint density at radius 3 is 2.75 bits per heavy atom. The van der Waals surface area contributed by atoms with Crippen LogP contribution in [0.4, 0.5) is 0 Å². The molecule has 0 aliphatic heterocycles. The summed E-state index contributed by atoms with van der Waals surface area (Å²) in [4.78, 5) is 0. The molecule has 0 aliphatic carbocycles. The fraction of sp³-hybridized carbons (Fsp3) is 0.538.